The molecule has 4 atom stereocenters. The van der Waals surface area contributed by atoms with Crippen molar-refractivity contribution in [1.82, 2.24) is 20.9 Å². The van der Waals surface area contributed by atoms with Crippen LogP contribution in [0.25, 0.3) is 10.9 Å². The number of H-pyrrole nitrogens is 1. The number of carbonyl (C=O) groups is 4. The van der Waals surface area contributed by atoms with Crippen molar-refractivity contribution in [3.8, 4) is 0 Å². The molecule has 13 nitrogen and oxygen atoms in total. The Balaban J connectivity index is 1.71. The Labute approximate surface area is 256 Å². The maximum atomic E-state index is 13.5. The van der Waals surface area contributed by atoms with Gasteiger partial charge in [-0.3, -0.25) is 19.4 Å². The molecule has 1 aromatic heterocycles. The third-order valence-electron chi connectivity index (χ3n) is 7.17. The van der Waals surface area contributed by atoms with Crippen molar-refractivity contribution in [1.29, 1.82) is 0 Å². The van der Waals surface area contributed by atoms with Crippen LogP contribution < -0.4 is 33.2 Å². The maximum absolute atomic E-state index is 13.5. The summed E-state index contributed by atoms with van der Waals surface area (Å²) >= 11 is 0. The number of carboxylic acids is 1. The van der Waals surface area contributed by atoms with Gasteiger partial charge in [-0.15, -0.1) is 0 Å². The Morgan fingerprint density at radius 1 is 0.864 bits per heavy atom. The number of aromatic nitrogens is 1. The number of carboxylic acid groups (broad SMARTS) is 1. The van der Waals surface area contributed by atoms with E-state index in [0.29, 0.717) is 6.42 Å². The lowest BCUT2D eigenvalue weighted by Crippen LogP contribution is -2.58. The van der Waals surface area contributed by atoms with Gasteiger partial charge in [-0.2, -0.15) is 0 Å². The molecule has 0 spiro atoms. The summed E-state index contributed by atoms with van der Waals surface area (Å²) in [7, 11) is 0. The van der Waals surface area contributed by atoms with Gasteiger partial charge >= 0.3 is 5.97 Å². The van der Waals surface area contributed by atoms with Crippen molar-refractivity contribution >= 4 is 40.6 Å². The standard InChI is InChI=1S/C31H42N8O5/c1-18(2)26(29(42)38-25(30(43)44)15-19-9-4-3-5-10-19)39-28(41)24(13-8-14-35-31(33)34)37-27(40)22(32)16-20-17-36-23-12-7-6-11-21(20)23/h3-7,9-12,17-18,22,24-26,36H,8,13-16,32H2,1-2H3,(H,37,40)(H,38,42)(H,39,41)(H,43,44)(H4,33,34,35). The Hall–Kier alpha value is -4.91. The van der Waals surface area contributed by atoms with Gasteiger partial charge in [0.1, 0.15) is 18.1 Å². The second-order valence-corrected chi connectivity index (χ2v) is 11.0. The lowest BCUT2D eigenvalue weighted by Gasteiger charge is -2.27. The van der Waals surface area contributed by atoms with Gasteiger partial charge in [-0.1, -0.05) is 62.4 Å². The Morgan fingerprint density at radius 3 is 2.18 bits per heavy atom. The minimum absolute atomic E-state index is 0.0679. The molecule has 0 bridgehead atoms. The van der Waals surface area contributed by atoms with Gasteiger partial charge in [0.2, 0.25) is 17.7 Å². The number of amides is 3. The molecule has 0 aliphatic heterocycles. The minimum atomic E-state index is -1.21. The average Bonchev–Trinajstić information content (AvgIpc) is 3.39. The molecule has 0 aliphatic rings. The van der Waals surface area contributed by atoms with Gasteiger partial charge in [-0.25, -0.2) is 4.79 Å². The summed E-state index contributed by atoms with van der Waals surface area (Å²) < 4.78 is 0. The summed E-state index contributed by atoms with van der Waals surface area (Å²) in [6.07, 6.45) is 2.61. The number of fused-ring (bicyclic) bond motifs is 1. The first-order valence-electron chi connectivity index (χ1n) is 14.5. The molecule has 236 valence electrons. The zero-order valence-corrected chi connectivity index (χ0v) is 25.0. The Morgan fingerprint density at radius 2 is 1.52 bits per heavy atom. The predicted molar refractivity (Wildman–Crippen MR) is 168 cm³/mol. The van der Waals surface area contributed by atoms with Crippen LogP contribution in [0.1, 0.15) is 37.8 Å². The van der Waals surface area contributed by atoms with E-state index >= 15 is 0 Å². The number of aliphatic carboxylic acids is 1. The summed E-state index contributed by atoms with van der Waals surface area (Å²) in [6, 6.07) is 12.2. The van der Waals surface area contributed by atoms with Crippen LogP contribution in [-0.2, 0) is 32.0 Å². The molecule has 13 heteroatoms. The van der Waals surface area contributed by atoms with Gasteiger partial charge in [-0.05, 0) is 42.4 Å². The van der Waals surface area contributed by atoms with Crippen molar-refractivity contribution in [2.45, 2.75) is 63.7 Å². The number of rotatable bonds is 16. The monoisotopic (exact) mass is 606 g/mol. The summed E-state index contributed by atoms with van der Waals surface area (Å²) in [6.45, 7) is 3.67. The summed E-state index contributed by atoms with van der Waals surface area (Å²) in [5, 5.41) is 18.6. The number of nitrogens with one attached hydrogen (secondary N) is 4. The lowest BCUT2D eigenvalue weighted by molar-refractivity contribution is -0.142. The first-order chi connectivity index (χ1) is 21.0. The van der Waals surface area contributed by atoms with Gasteiger partial charge < -0.3 is 43.2 Å². The molecule has 3 rings (SSSR count). The largest absolute Gasteiger partial charge is 0.480 e. The van der Waals surface area contributed by atoms with Gasteiger partial charge in [0.05, 0.1) is 6.04 Å². The highest BCUT2D eigenvalue weighted by molar-refractivity contribution is 5.94. The molecule has 3 amide bonds. The van der Waals surface area contributed by atoms with E-state index in [1.165, 1.54) is 0 Å². The number of guanidine groups is 1. The van der Waals surface area contributed by atoms with Crippen molar-refractivity contribution in [3.05, 3.63) is 71.9 Å². The third-order valence-corrected chi connectivity index (χ3v) is 7.17. The molecule has 11 N–H and O–H groups in total. The SMILES string of the molecule is CC(C)C(NC(=O)C(CCCN=C(N)N)NC(=O)C(N)Cc1c[nH]c2ccccc12)C(=O)NC(Cc1ccccc1)C(=O)O. The number of carbonyl (C=O) groups excluding carboxylic acids is 3. The fourth-order valence-electron chi connectivity index (χ4n) is 4.78. The van der Waals surface area contributed by atoms with Gasteiger partial charge in [0.15, 0.2) is 5.96 Å². The van der Waals surface area contributed by atoms with Gasteiger partial charge in [0, 0.05) is 30.1 Å². The first-order valence-corrected chi connectivity index (χ1v) is 14.5. The fraction of sp³-hybridized carbons (Fsp3) is 0.387. The number of hydrogen-bond acceptors (Lipinski definition) is 6. The highest BCUT2D eigenvalue weighted by Crippen LogP contribution is 2.19. The van der Waals surface area contributed by atoms with E-state index in [1.807, 2.05) is 30.3 Å². The van der Waals surface area contributed by atoms with E-state index in [2.05, 4.69) is 25.9 Å². The van der Waals surface area contributed by atoms with Crippen LogP contribution in [0.2, 0.25) is 0 Å². The number of hydrogen-bond donors (Lipinski definition) is 8. The normalized spacial score (nSPS) is 13.8. The quantitative estimate of drug-likeness (QED) is 0.0649. The number of aromatic amines is 1. The summed E-state index contributed by atoms with van der Waals surface area (Å²) in [5.41, 5.74) is 19.6. The molecule has 2 aromatic carbocycles. The highest BCUT2D eigenvalue weighted by Gasteiger charge is 2.32. The topological polar surface area (TPSA) is 231 Å². The summed E-state index contributed by atoms with van der Waals surface area (Å²) in [4.78, 5) is 58.9. The van der Waals surface area contributed by atoms with Crippen molar-refractivity contribution in [2.24, 2.45) is 28.1 Å². The predicted octanol–water partition coefficient (Wildman–Crippen LogP) is 0.529. The molecule has 0 saturated carbocycles. The molecule has 1 heterocycles. The van der Waals surface area contributed by atoms with Crippen LogP contribution >= 0.6 is 0 Å². The van der Waals surface area contributed by atoms with Crippen LogP contribution in [-0.4, -0.2) is 70.5 Å². The van der Waals surface area contributed by atoms with Crippen LogP contribution in [0.15, 0.2) is 65.8 Å². The smallest absolute Gasteiger partial charge is 0.326 e. The van der Waals surface area contributed by atoms with E-state index in [1.54, 1.807) is 44.3 Å². The van der Waals surface area contributed by atoms with Crippen LogP contribution in [0.5, 0.6) is 0 Å². The molecular weight excluding hydrogens is 564 g/mol. The van der Waals surface area contributed by atoms with E-state index < -0.39 is 53.8 Å². The van der Waals surface area contributed by atoms with Crippen LogP contribution in [0.4, 0.5) is 0 Å². The molecule has 44 heavy (non-hydrogen) atoms. The molecule has 4 unspecified atom stereocenters. The second-order valence-electron chi connectivity index (χ2n) is 11.0. The van der Waals surface area contributed by atoms with E-state index in [0.717, 1.165) is 22.0 Å². The highest BCUT2D eigenvalue weighted by atomic mass is 16.4. The number of benzene rings is 2. The zero-order valence-electron chi connectivity index (χ0n) is 25.0. The van der Waals surface area contributed by atoms with Crippen molar-refractivity contribution < 1.29 is 24.3 Å². The number of aliphatic imine (C=N–C) groups is 1. The zero-order chi connectivity index (χ0) is 32.2. The first kappa shape index (κ1) is 33.6. The summed E-state index contributed by atoms with van der Waals surface area (Å²) in [5.74, 6) is -3.52. The minimum Gasteiger partial charge on any atom is -0.480 e. The molecule has 0 radical (unpaired) electrons. The fourth-order valence-corrected chi connectivity index (χ4v) is 4.78. The van der Waals surface area contributed by atoms with E-state index in [4.69, 9.17) is 17.2 Å². The van der Waals surface area contributed by atoms with Crippen molar-refractivity contribution in [2.75, 3.05) is 6.54 Å². The molecule has 0 aliphatic carbocycles. The lowest BCUT2D eigenvalue weighted by atomic mass is 10.00. The maximum Gasteiger partial charge on any atom is 0.326 e. The van der Waals surface area contributed by atoms with Crippen LogP contribution in [0, 0.1) is 5.92 Å². The number of nitrogens with two attached hydrogens (primary N) is 3. The third kappa shape index (κ3) is 9.83. The second kappa shape index (κ2) is 16.1. The molecule has 0 saturated heterocycles. The number of nitrogens with zero attached hydrogens (tertiary/aromatic N) is 1. The van der Waals surface area contributed by atoms with Gasteiger partial charge in [0.25, 0.3) is 0 Å². The molecule has 0 fully saturated rings. The van der Waals surface area contributed by atoms with Crippen molar-refractivity contribution in [3.63, 3.8) is 0 Å². The van der Waals surface area contributed by atoms with Crippen LogP contribution in [0.3, 0.4) is 0 Å². The Kier molecular flexibility index (Phi) is 12.3. The van der Waals surface area contributed by atoms with E-state index in [9.17, 15) is 24.3 Å². The Bertz CT molecular complexity index is 1450. The molecule has 3 aromatic rings. The molecular formula is C31H42N8O5. The average molecular weight is 607 g/mol. The number of para-hydroxylation sites is 1. The van der Waals surface area contributed by atoms with E-state index in [-0.39, 0.29) is 31.8 Å².